The molecule has 0 bridgehead atoms. The van der Waals surface area contributed by atoms with Crippen LogP contribution in [0.5, 0.6) is 5.75 Å². The molecule has 0 radical (unpaired) electrons. The van der Waals surface area contributed by atoms with Crippen LogP contribution in [0.25, 0.3) is 17.4 Å². The fourth-order valence-corrected chi connectivity index (χ4v) is 7.47. The predicted molar refractivity (Wildman–Crippen MR) is 215 cm³/mol. The first-order valence-corrected chi connectivity index (χ1v) is 20.8. The Hall–Kier alpha value is -4.73. The fraction of sp³-hybridized carbons (Fsp3) is 0.590. The molecule has 1 fully saturated rings. The van der Waals surface area contributed by atoms with E-state index >= 15 is 0 Å². The SMILES string of the molecule is CCC(CC)COC(=O)[C@H](CC(C)C)NP(=O)(OCC1(COC(=O)[C@@H](NC(=O)OC(C)(C)C)C(C)C)C/C1=C/n1cnc2c(=O)[nH]c(N)nc21)Oc1ccccc1. The number of amides is 1. The van der Waals surface area contributed by atoms with Crippen LogP contribution in [0.15, 0.2) is 47.0 Å². The number of hydrogen-bond acceptors (Lipinski definition) is 13. The summed E-state index contributed by atoms with van der Waals surface area (Å²) >= 11 is 0. The molecule has 1 aromatic carbocycles. The topological polar surface area (TPSA) is 228 Å². The minimum absolute atomic E-state index is 0.000161. The molecule has 0 spiro atoms. The van der Waals surface area contributed by atoms with Gasteiger partial charge in [-0.05, 0) is 69.1 Å². The molecular formula is C39H58N7O10P. The summed E-state index contributed by atoms with van der Waals surface area (Å²) in [4.78, 5) is 63.0. The highest BCUT2D eigenvalue weighted by atomic mass is 31.2. The van der Waals surface area contributed by atoms with E-state index in [0.717, 1.165) is 12.8 Å². The number of para-hydroxylation sites is 1. The maximum Gasteiger partial charge on any atom is 0.459 e. The Bertz CT molecular complexity index is 1990. The minimum Gasteiger partial charge on any atom is -0.464 e. The van der Waals surface area contributed by atoms with Gasteiger partial charge in [0, 0.05) is 6.20 Å². The Labute approximate surface area is 333 Å². The molecule has 18 heteroatoms. The lowest BCUT2D eigenvalue weighted by Gasteiger charge is -2.28. The summed E-state index contributed by atoms with van der Waals surface area (Å²) in [7, 11) is -4.38. The number of imidazole rings is 1. The average molecular weight is 816 g/mol. The highest BCUT2D eigenvalue weighted by Gasteiger charge is 2.53. The smallest absolute Gasteiger partial charge is 0.459 e. The molecule has 17 nitrogen and oxygen atoms in total. The lowest BCUT2D eigenvalue weighted by Crippen LogP contribution is -2.47. The van der Waals surface area contributed by atoms with E-state index in [9.17, 15) is 23.7 Å². The molecule has 1 aliphatic carbocycles. The van der Waals surface area contributed by atoms with Gasteiger partial charge in [0.05, 0.1) is 18.6 Å². The number of nitrogens with two attached hydrogens (primary N) is 1. The number of aromatic amines is 1. The van der Waals surface area contributed by atoms with Gasteiger partial charge < -0.3 is 29.8 Å². The average Bonchev–Trinajstić information content (AvgIpc) is 3.66. The van der Waals surface area contributed by atoms with E-state index in [-0.39, 0.29) is 73.3 Å². The molecule has 1 aliphatic rings. The molecular weight excluding hydrogens is 757 g/mol. The van der Waals surface area contributed by atoms with Gasteiger partial charge in [0.1, 0.15) is 36.4 Å². The first-order chi connectivity index (χ1) is 26.8. The third-order valence-corrected chi connectivity index (χ3v) is 10.9. The van der Waals surface area contributed by atoms with Crippen molar-refractivity contribution in [1.29, 1.82) is 0 Å². The number of nitrogens with zero attached hydrogens (tertiary/aromatic N) is 3. The van der Waals surface area contributed by atoms with Crippen LogP contribution >= 0.6 is 7.75 Å². The molecule has 0 saturated heterocycles. The number of nitrogen functional groups attached to an aromatic ring is 1. The van der Waals surface area contributed by atoms with Crippen LogP contribution in [0, 0.1) is 23.2 Å². The first-order valence-electron chi connectivity index (χ1n) is 19.3. The fourth-order valence-electron chi connectivity index (χ4n) is 5.88. The number of H-pyrrole nitrogens is 1. The van der Waals surface area contributed by atoms with Gasteiger partial charge in [-0.3, -0.25) is 23.7 Å². The number of carbonyl (C=O) groups excluding carboxylic acids is 3. The van der Waals surface area contributed by atoms with Crippen LogP contribution in [-0.4, -0.2) is 75.1 Å². The number of hydrogen-bond donors (Lipinski definition) is 4. The molecule has 5 N–H and O–H groups in total. The molecule has 2 aromatic heterocycles. The zero-order valence-electron chi connectivity index (χ0n) is 34.3. The van der Waals surface area contributed by atoms with Crippen LogP contribution in [-0.2, 0) is 32.9 Å². The van der Waals surface area contributed by atoms with Crippen molar-refractivity contribution in [2.24, 2.45) is 23.2 Å². The lowest BCUT2D eigenvalue weighted by atomic mass is 10.0. The van der Waals surface area contributed by atoms with E-state index in [1.807, 2.05) is 27.7 Å². The van der Waals surface area contributed by atoms with E-state index in [1.165, 1.54) is 10.9 Å². The molecule has 4 atom stereocenters. The Morgan fingerprint density at radius 1 is 1.05 bits per heavy atom. The number of ether oxygens (including phenoxy) is 3. The van der Waals surface area contributed by atoms with Crippen LogP contribution in [0.3, 0.4) is 0 Å². The Kier molecular flexibility index (Phi) is 15.1. The molecule has 1 saturated carbocycles. The van der Waals surface area contributed by atoms with Gasteiger partial charge in [0.25, 0.3) is 5.56 Å². The molecule has 2 heterocycles. The minimum atomic E-state index is -4.38. The summed E-state index contributed by atoms with van der Waals surface area (Å²) < 4.78 is 45.5. The van der Waals surface area contributed by atoms with E-state index in [0.29, 0.717) is 5.57 Å². The van der Waals surface area contributed by atoms with Crippen molar-refractivity contribution >= 4 is 49.1 Å². The second-order valence-electron chi connectivity index (χ2n) is 16.2. The summed E-state index contributed by atoms with van der Waals surface area (Å²) in [5, 5.41) is 5.47. The van der Waals surface area contributed by atoms with Crippen molar-refractivity contribution in [1.82, 2.24) is 29.9 Å². The van der Waals surface area contributed by atoms with E-state index in [2.05, 4.69) is 25.4 Å². The van der Waals surface area contributed by atoms with E-state index in [1.54, 1.807) is 71.2 Å². The van der Waals surface area contributed by atoms with Crippen molar-refractivity contribution in [3.05, 3.63) is 52.6 Å². The van der Waals surface area contributed by atoms with Crippen LogP contribution in [0.1, 0.15) is 88.0 Å². The van der Waals surface area contributed by atoms with Gasteiger partial charge in [0.15, 0.2) is 11.2 Å². The number of aromatic nitrogens is 4. The first kappa shape index (κ1) is 45.0. The number of rotatable bonds is 20. The highest BCUT2D eigenvalue weighted by molar-refractivity contribution is 7.52. The third-order valence-electron chi connectivity index (χ3n) is 9.32. The van der Waals surface area contributed by atoms with Crippen molar-refractivity contribution < 1.29 is 42.2 Å². The van der Waals surface area contributed by atoms with E-state index in [4.69, 9.17) is 29.0 Å². The van der Waals surface area contributed by atoms with Crippen molar-refractivity contribution in [2.75, 3.05) is 25.6 Å². The summed E-state index contributed by atoms with van der Waals surface area (Å²) in [6.07, 6.45) is 4.48. The number of carbonyl (C=O) groups is 3. The zero-order valence-corrected chi connectivity index (χ0v) is 35.2. The van der Waals surface area contributed by atoms with Gasteiger partial charge in [-0.25, -0.2) is 19.1 Å². The highest BCUT2D eigenvalue weighted by Crippen LogP contribution is 2.57. The van der Waals surface area contributed by atoms with Gasteiger partial charge >= 0.3 is 25.8 Å². The van der Waals surface area contributed by atoms with Crippen molar-refractivity contribution in [3.8, 4) is 5.75 Å². The van der Waals surface area contributed by atoms with Crippen LogP contribution < -0.4 is 26.2 Å². The lowest BCUT2D eigenvalue weighted by molar-refractivity contribution is -0.150. The standard InChI is InChI=1S/C39H58N7O10P/c1-10-26(11-2)20-52-34(48)29(17-24(3)4)45-57(51,56-28-15-13-12-14-16-28)54-22-39(21-53-35(49)30(25(5)6)42-37(50)55-38(7,8)9)18-27(39)19-46-23-41-31-32(46)43-36(40)44-33(31)47/h12-16,19,23-26,29-30H,10-11,17-18,20-22H2,1-9H3,(H,42,50)(H,45,51)(H3,40,43,44,47)/b27-19-/t29-,30-,39?,57?/m0/s1. The second-order valence-corrected chi connectivity index (χ2v) is 17.9. The second kappa shape index (κ2) is 19.1. The maximum atomic E-state index is 14.8. The maximum absolute atomic E-state index is 14.8. The number of esters is 2. The molecule has 314 valence electrons. The normalized spacial score (nSPS) is 18.4. The number of benzene rings is 1. The summed E-state index contributed by atoms with van der Waals surface area (Å²) in [6.45, 7) is 16.2. The molecule has 1 amide bonds. The van der Waals surface area contributed by atoms with Gasteiger partial charge in [-0.2, -0.15) is 10.1 Å². The van der Waals surface area contributed by atoms with Gasteiger partial charge in [-0.15, -0.1) is 0 Å². The number of anilines is 1. The molecule has 4 rings (SSSR count). The summed E-state index contributed by atoms with van der Waals surface area (Å²) in [5.41, 5.74) is 4.33. The quantitative estimate of drug-likeness (QED) is 0.0565. The van der Waals surface area contributed by atoms with Crippen LogP contribution in [0.2, 0.25) is 0 Å². The number of fused-ring (bicyclic) bond motifs is 1. The Morgan fingerprint density at radius 3 is 2.35 bits per heavy atom. The summed E-state index contributed by atoms with van der Waals surface area (Å²) in [6, 6.07) is 6.28. The van der Waals surface area contributed by atoms with E-state index < -0.39 is 54.4 Å². The Balaban J connectivity index is 1.67. The third kappa shape index (κ3) is 12.9. The monoisotopic (exact) mass is 815 g/mol. The molecule has 57 heavy (non-hydrogen) atoms. The predicted octanol–water partition coefficient (Wildman–Crippen LogP) is 6.21. The largest absolute Gasteiger partial charge is 0.464 e. The van der Waals surface area contributed by atoms with Gasteiger partial charge in [0.2, 0.25) is 5.95 Å². The van der Waals surface area contributed by atoms with Crippen molar-refractivity contribution in [2.45, 2.75) is 106 Å². The van der Waals surface area contributed by atoms with Crippen LogP contribution in [0.4, 0.5) is 10.7 Å². The zero-order chi connectivity index (χ0) is 42.1. The molecule has 3 aromatic rings. The van der Waals surface area contributed by atoms with Gasteiger partial charge in [-0.1, -0.05) is 72.6 Å². The molecule has 2 unspecified atom stereocenters. The molecule has 0 aliphatic heterocycles. The van der Waals surface area contributed by atoms with Crippen molar-refractivity contribution in [3.63, 3.8) is 0 Å². The Morgan fingerprint density at radius 2 is 1.74 bits per heavy atom. The number of alkyl carbamates (subject to hydrolysis) is 1. The summed E-state index contributed by atoms with van der Waals surface area (Å²) in [5.74, 6) is -1.39. The number of nitrogens with one attached hydrogen (secondary N) is 3.